The highest BCUT2D eigenvalue weighted by Gasteiger charge is 2.05. The summed E-state index contributed by atoms with van der Waals surface area (Å²) in [5, 5.41) is 3.46. The second kappa shape index (κ2) is 6.45. The van der Waals surface area contributed by atoms with E-state index in [1.807, 2.05) is 18.2 Å². The molecular weight excluding hydrogens is 240 g/mol. The Kier molecular flexibility index (Phi) is 4.66. The van der Waals surface area contributed by atoms with Crippen LogP contribution < -0.4 is 11.1 Å². The van der Waals surface area contributed by atoms with Crippen molar-refractivity contribution in [2.45, 2.75) is 52.0 Å². The lowest BCUT2D eigenvalue weighted by atomic mass is 10.1. The highest BCUT2D eigenvalue weighted by molar-refractivity contribution is 5.76. The molecule has 0 aliphatic heterocycles. The van der Waals surface area contributed by atoms with E-state index in [1.54, 1.807) is 0 Å². The molecule has 4 nitrogen and oxygen atoms in total. The lowest BCUT2D eigenvalue weighted by Gasteiger charge is -2.14. The van der Waals surface area contributed by atoms with Crippen molar-refractivity contribution in [1.29, 1.82) is 0 Å². The Bertz CT molecular complexity index is 571. The summed E-state index contributed by atoms with van der Waals surface area (Å²) >= 11 is 0. The van der Waals surface area contributed by atoms with Gasteiger partial charge in [-0.1, -0.05) is 32.6 Å². The zero-order chi connectivity index (χ0) is 13.7. The topological polar surface area (TPSA) is 58.0 Å². The van der Waals surface area contributed by atoms with E-state index in [9.17, 15) is 4.79 Å². The molecule has 1 heterocycles. The highest BCUT2D eigenvalue weighted by Crippen LogP contribution is 2.18. The van der Waals surface area contributed by atoms with Crippen LogP contribution in [-0.2, 0) is 0 Å². The molecule has 1 unspecified atom stereocenters. The largest absolute Gasteiger partial charge is 0.417 e. The van der Waals surface area contributed by atoms with Gasteiger partial charge in [0.15, 0.2) is 5.58 Å². The van der Waals surface area contributed by atoms with E-state index in [1.165, 1.54) is 32.1 Å². The Morgan fingerprint density at radius 1 is 1.32 bits per heavy atom. The number of hydrogen-bond acceptors (Lipinski definition) is 3. The van der Waals surface area contributed by atoms with Gasteiger partial charge in [0.2, 0.25) is 0 Å². The molecule has 0 aliphatic rings. The van der Waals surface area contributed by atoms with E-state index in [-0.39, 0.29) is 0 Å². The van der Waals surface area contributed by atoms with Crippen molar-refractivity contribution < 1.29 is 4.42 Å². The second-order valence-electron chi connectivity index (χ2n) is 5.12. The molecule has 2 aromatic rings. The number of unbranched alkanes of at least 4 members (excludes halogenated alkanes) is 3. The fraction of sp³-hybridized carbons (Fsp3) is 0.533. The standard InChI is InChI=1S/C15H22N2O2/c1-3-4-5-6-7-11(2)16-12-8-9-14-13(10-12)17-15(18)19-14/h8-11,16H,3-7H2,1-2H3,(H,17,18). The number of H-pyrrole nitrogens is 1. The van der Waals surface area contributed by atoms with Crippen LogP contribution >= 0.6 is 0 Å². The molecule has 104 valence electrons. The molecule has 0 spiro atoms. The summed E-state index contributed by atoms with van der Waals surface area (Å²) in [7, 11) is 0. The van der Waals surface area contributed by atoms with Crippen molar-refractivity contribution in [2.75, 3.05) is 5.32 Å². The zero-order valence-corrected chi connectivity index (χ0v) is 11.7. The third kappa shape index (κ3) is 3.88. The van der Waals surface area contributed by atoms with Crippen molar-refractivity contribution in [2.24, 2.45) is 0 Å². The highest BCUT2D eigenvalue weighted by atomic mass is 16.4. The lowest BCUT2D eigenvalue weighted by molar-refractivity contribution is 0.555. The molecule has 2 N–H and O–H groups in total. The monoisotopic (exact) mass is 262 g/mol. The number of rotatable bonds is 7. The van der Waals surface area contributed by atoms with E-state index >= 15 is 0 Å². The smallest absolute Gasteiger partial charge is 0.408 e. The van der Waals surface area contributed by atoms with Gasteiger partial charge in [-0.05, 0) is 31.5 Å². The first-order chi connectivity index (χ1) is 9.19. The number of nitrogens with one attached hydrogen (secondary N) is 2. The number of aromatic amines is 1. The molecule has 1 aromatic heterocycles. The molecule has 19 heavy (non-hydrogen) atoms. The summed E-state index contributed by atoms with van der Waals surface area (Å²) in [6.45, 7) is 4.41. The maximum absolute atomic E-state index is 11.1. The molecule has 4 heteroatoms. The second-order valence-corrected chi connectivity index (χ2v) is 5.12. The van der Waals surface area contributed by atoms with E-state index in [2.05, 4.69) is 24.1 Å². The van der Waals surface area contributed by atoms with Gasteiger partial charge in [-0.25, -0.2) is 4.79 Å². The average Bonchev–Trinajstić information content (AvgIpc) is 2.74. The normalized spacial score (nSPS) is 12.7. The zero-order valence-electron chi connectivity index (χ0n) is 11.7. The Morgan fingerprint density at radius 2 is 2.16 bits per heavy atom. The number of anilines is 1. The minimum Gasteiger partial charge on any atom is -0.408 e. The molecule has 1 atom stereocenters. The molecule has 2 rings (SSSR count). The van der Waals surface area contributed by atoms with Crippen molar-refractivity contribution >= 4 is 16.8 Å². The maximum Gasteiger partial charge on any atom is 0.417 e. The minimum atomic E-state index is -0.403. The average molecular weight is 262 g/mol. The number of aromatic nitrogens is 1. The third-order valence-electron chi connectivity index (χ3n) is 3.32. The number of oxazole rings is 1. The lowest BCUT2D eigenvalue weighted by Crippen LogP contribution is -2.14. The third-order valence-corrected chi connectivity index (χ3v) is 3.32. The molecule has 0 aliphatic carbocycles. The maximum atomic E-state index is 11.1. The summed E-state index contributed by atoms with van der Waals surface area (Å²) in [5.74, 6) is -0.403. The molecule has 0 bridgehead atoms. The van der Waals surface area contributed by atoms with Crippen LogP contribution in [0.1, 0.15) is 46.0 Å². The van der Waals surface area contributed by atoms with Gasteiger partial charge in [-0.3, -0.25) is 4.98 Å². The quantitative estimate of drug-likeness (QED) is 0.744. The minimum absolute atomic E-state index is 0.403. The number of fused-ring (bicyclic) bond motifs is 1. The molecule has 0 radical (unpaired) electrons. The summed E-state index contributed by atoms with van der Waals surface area (Å²) in [4.78, 5) is 13.8. The Labute approximate surface area is 113 Å². The summed E-state index contributed by atoms with van der Waals surface area (Å²) in [5.41, 5.74) is 2.37. The molecule has 0 fully saturated rings. The first-order valence-electron chi connectivity index (χ1n) is 7.08. The molecular formula is C15H22N2O2. The predicted molar refractivity (Wildman–Crippen MR) is 78.7 cm³/mol. The van der Waals surface area contributed by atoms with E-state index in [4.69, 9.17) is 4.42 Å². The fourth-order valence-electron chi connectivity index (χ4n) is 2.28. The van der Waals surface area contributed by atoms with Crippen LogP contribution in [0, 0.1) is 0 Å². The van der Waals surface area contributed by atoms with Crippen LogP contribution in [0.2, 0.25) is 0 Å². The summed E-state index contributed by atoms with van der Waals surface area (Å²) in [6.07, 6.45) is 6.31. The van der Waals surface area contributed by atoms with Crippen LogP contribution in [0.3, 0.4) is 0 Å². The van der Waals surface area contributed by atoms with E-state index in [0.29, 0.717) is 11.6 Å². The Morgan fingerprint density at radius 3 is 2.95 bits per heavy atom. The van der Waals surface area contributed by atoms with Crippen LogP contribution in [-0.4, -0.2) is 11.0 Å². The predicted octanol–water partition coefficient (Wildman–Crippen LogP) is 3.89. The van der Waals surface area contributed by atoms with Crippen molar-refractivity contribution in [1.82, 2.24) is 4.98 Å². The first-order valence-corrected chi connectivity index (χ1v) is 7.08. The van der Waals surface area contributed by atoms with Crippen LogP contribution in [0.15, 0.2) is 27.4 Å². The molecule has 0 saturated heterocycles. The molecule has 0 amide bonds. The van der Waals surface area contributed by atoms with Crippen LogP contribution in [0.25, 0.3) is 11.1 Å². The van der Waals surface area contributed by atoms with Crippen LogP contribution in [0.5, 0.6) is 0 Å². The molecule has 1 aromatic carbocycles. The number of hydrogen-bond donors (Lipinski definition) is 2. The van der Waals surface area contributed by atoms with E-state index < -0.39 is 5.76 Å². The first kappa shape index (κ1) is 13.7. The van der Waals surface area contributed by atoms with Gasteiger partial charge in [0, 0.05) is 11.7 Å². The van der Waals surface area contributed by atoms with Crippen LogP contribution in [0.4, 0.5) is 5.69 Å². The van der Waals surface area contributed by atoms with Gasteiger partial charge >= 0.3 is 5.76 Å². The van der Waals surface area contributed by atoms with Crippen molar-refractivity contribution in [3.63, 3.8) is 0 Å². The van der Waals surface area contributed by atoms with Gasteiger partial charge in [0.25, 0.3) is 0 Å². The Balaban J connectivity index is 1.91. The van der Waals surface area contributed by atoms with Crippen molar-refractivity contribution in [3.8, 4) is 0 Å². The summed E-state index contributed by atoms with van der Waals surface area (Å²) in [6, 6.07) is 6.12. The van der Waals surface area contributed by atoms with E-state index in [0.717, 1.165) is 11.2 Å². The van der Waals surface area contributed by atoms with Gasteiger partial charge < -0.3 is 9.73 Å². The SMILES string of the molecule is CCCCCCC(C)Nc1ccc2oc(=O)[nH]c2c1. The summed E-state index contributed by atoms with van der Waals surface area (Å²) < 4.78 is 4.98. The fourth-order valence-corrected chi connectivity index (χ4v) is 2.28. The number of benzene rings is 1. The van der Waals surface area contributed by atoms with Crippen molar-refractivity contribution in [3.05, 3.63) is 28.7 Å². The van der Waals surface area contributed by atoms with Gasteiger partial charge in [-0.2, -0.15) is 0 Å². The molecule has 0 saturated carbocycles. The van der Waals surface area contributed by atoms with Gasteiger partial charge in [-0.15, -0.1) is 0 Å². The van der Waals surface area contributed by atoms with Gasteiger partial charge in [0.1, 0.15) is 0 Å². The Hall–Kier alpha value is -1.71. The van der Waals surface area contributed by atoms with Gasteiger partial charge in [0.05, 0.1) is 5.52 Å².